The van der Waals surface area contributed by atoms with Crippen molar-refractivity contribution in [2.75, 3.05) is 0 Å². The molecule has 120 valence electrons. The molecule has 2 aromatic rings. The topological polar surface area (TPSA) is 87.7 Å². The van der Waals surface area contributed by atoms with E-state index >= 15 is 0 Å². The number of aromatic nitrogens is 2. The number of fused-ring (bicyclic) bond motifs is 1. The van der Waals surface area contributed by atoms with Gasteiger partial charge in [0.25, 0.3) is 0 Å². The van der Waals surface area contributed by atoms with Gasteiger partial charge in [0.05, 0.1) is 6.10 Å². The molecule has 0 radical (unpaired) electrons. The molecule has 2 aromatic heterocycles. The molecule has 1 aliphatic heterocycles. The van der Waals surface area contributed by atoms with Crippen molar-refractivity contribution < 1.29 is 20.1 Å². The van der Waals surface area contributed by atoms with Gasteiger partial charge in [0.15, 0.2) is 6.23 Å². The van der Waals surface area contributed by atoms with Gasteiger partial charge in [-0.1, -0.05) is 13.8 Å². The van der Waals surface area contributed by atoms with E-state index in [1.807, 2.05) is 32.9 Å². The van der Waals surface area contributed by atoms with E-state index in [1.54, 1.807) is 17.0 Å². The van der Waals surface area contributed by atoms with Crippen molar-refractivity contribution >= 4 is 11.0 Å². The maximum atomic E-state index is 10.3. The summed E-state index contributed by atoms with van der Waals surface area (Å²) >= 11 is 0. The highest BCUT2D eigenvalue weighted by Gasteiger charge is 2.47. The number of pyridine rings is 1. The minimum absolute atomic E-state index is 0.0765. The summed E-state index contributed by atoms with van der Waals surface area (Å²) < 4.78 is 7.49. The maximum Gasteiger partial charge on any atom is 0.164 e. The lowest BCUT2D eigenvalue weighted by Crippen LogP contribution is -2.41. The molecule has 1 saturated heterocycles. The normalized spacial score (nSPS) is 30.3. The molecule has 1 aliphatic rings. The summed E-state index contributed by atoms with van der Waals surface area (Å²) in [6.07, 6.45) is -1.18. The Kier molecular flexibility index (Phi) is 3.94. The predicted octanol–water partition coefficient (Wildman–Crippen LogP) is 0.981. The molecule has 6 heteroatoms. The molecule has 0 amide bonds. The molecule has 0 bridgehead atoms. The summed E-state index contributed by atoms with van der Waals surface area (Å²) in [5.74, 6) is -0.0765. The van der Waals surface area contributed by atoms with E-state index < -0.39 is 30.6 Å². The first-order valence-corrected chi connectivity index (χ1v) is 7.53. The number of aryl methyl sites for hydroxylation is 1. The fourth-order valence-electron chi connectivity index (χ4n) is 2.97. The fraction of sp³-hybridized carbons (Fsp3) is 0.562. The molecule has 6 nitrogen and oxygen atoms in total. The third-order valence-electron chi connectivity index (χ3n) is 4.40. The Morgan fingerprint density at radius 2 is 1.95 bits per heavy atom. The highest BCUT2D eigenvalue weighted by molar-refractivity contribution is 5.79. The summed E-state index contributed by atoms with van der Waals surface area (Å²) in [5, 5.41) is 31.7. The zero-order chi connectivity index (χ0) is 16.0. The second kappa shape index (κ2) is 5.62. The smallest absolute Gasteiger partial charge is 0.164 e. The third kappa shape index (κ3) is 2.32. The summed E-state index contributed by atoms with van der Waals surface area (Å²) in [6, 6.07) is 3.82. The SMILES string of the molecule is Cc1ccnc2c1ccn2C1OC(C(O)C(C)C)C(O)C1O. The number of hydrogen-bond donors (Lipinski definition) is 3. The predicted molar refractivity (Wildman–Crippen MR) is 81.2 cm³/mol. The second-order valence-electron chi connectivity index (χ2n) is 6.30. The van der Waals surface area contributed by atoms with Crippen molar-refractivity contribution in [2.45, 2.75) is 51.4 Å². The minimum atomic E-state index is -1.13. The lowest BCUT2D eigenvalue weighted by molar-refractivity contribution is -0.0961. The van der Waals surface area contributed by atoms with Crippen molar-refractivity contribution in [3.05, 3.63) is 30.1 Å². The molecule has 0 spiro atoms. The van der Waals surface area contributed by atoms with Crippen LogP contribution in [-0.2, 0) is 4.74 Å². The lowest BCUT2D eigenvalue weighted by Gasteiger charge is -2.23. The van der Waals surface area contributed by atoms with Gasteiger partial charge in [-0.3, -0.25) is 0 Å². The van der Waals surface area contributed by atoms with E-state index in [1.165, 1.54) is 0 Å². The average molecular weight is 306 g/mol. The van der Waals surface area contributed by atoms with Gasteiger partial charge in [-0.25, -0.2) is 4.98 Å². The van der Waals surface area contributed by atoms with E-state index in [2.05, 4.69) is 4.98 Å². The van der Waals surface area contributed by atoms with Gasteiger partial charge < -0.3 is 24.6 Å². The van der Waals surface area contributed by atoms with Gasteiger partial charge in [0, 0.05) is 17.8 Å². The quantitative estimate of drug-likeness (QED) is 0.787. The van der Waals surface area contributed by atoms with E-state index in [4.69, 9.17) is 4.74 Å². The summed E-state index contributed by atoms with van der Waals surface area (Å²) in [6.45, 7) is 5.67. The molecule has 3 N–H and O–H groups in total. The van der Waals surface area contributed by atoms with E-state index in [-0.39, 0.29) is 5.92 Å². The molecule has 0 aliphatic carbocycles. The van der Waals surface area contributed by atoms with E-state index in [0.29, 0.717) is 5.65 Å². The number of ether oxygens (including phenoxy) is 1. The van der Waals surface area contributed by atoms with Crippen LogP contribution in [0.2, 0.25) is 0 Å². The van der Waals surface area contributed by atoms with Crippen LogP contribution in [0, 0.1) is 12.8 Å². The molecule has 5 atom stereocenters. The van der Waals surface area contributed by atoms with Crippen LogP contribution in [0.1, 0.15) is 25.6 Å². The van der Waals surface area contributed by atoms with Crippen molar-refractivity contribution in [2.24, 2.45) is 5.92 Å². The summed E-state index contributed by atoms with van der Waals surface area (Å²) in [5.41, 5.74) is 1.77. The zero-order valence-corrected chi connectivity index (χ0v) is 12.9. The van der Waals surface area contributed by atoms with Gasteiger partial charge >= 0.3 is 0 Å². The number of aliphatic hydroxyl groups is 3. The fourth-order valence-corrected chi connectivity index (χ4v) is 2.97. The third-order valence-corrected chi connectivity index (χ3v) is 4.40. The maximum absolute atomic E-state index is 10.3. The molecule has 3 heterocycles. The van der Waals surface area contributed by atoms with E-state index in [9.17, 15) is 15.3 Å². The number of hydrogen-bond acceptors (Lipinski definition) is 5. The first-order valence-electron chi connectivity index (χ1n) is 7.53. The highest BCUT2D eigenvalue weighted by atomic mass is 16.6. The Bertz CT molecular complexity index is 669. The summed E-state index contributed by atoms with van der Waals surface area (Å²) in [7, 11) is 0. The van der Waals surface area contributed by atoms with Crippen molar-refractivity contribution in [3.63, 3.8) is 0 Å². The minimum Gasteiger partial charge on any atom is -0.390 e. The molecule has 0 aromatic carbocycles. The molecule has 3 rings (SSSR count). The summed E-state index contributed by atoms with van der Waals surface area (Å²) in [4.78, 5) is 4.34. The van der Waals surface area contributed by atoms with Crippen LogP contribution in [0.5, 0.6) is 0 Å². The molecule has 0 saturated carbocycles. The van der Waals surface area contributed by atoms with Gasteiger partial charge in [0.1, 0.15) is 24.0 Å². The van der Waals surface area contributed by atoms with Crippen LogP contribution < -0.4 is 0 Å². The van der Waals surface area contributed by atoms with Crippen molar-refractivity contribution in [1.29, 1.82) is 0 Å². The van der Waals surface area contributed by atoms with Crippen molar-refractivity contribution in [1.82, 2.24) is 9.55 Å². The molecular weight excluding hydrogens is 284 g/mol. The number of aliphatic hydroxyl groups excluding tert-OH is 3. The van der Waals surface area contributed by atoms with E-state index in [0.717, 1.165) is 10.9 Å². The number of nitrogens with zero attached hydrogens (tertiary/aromatic N) is 2. The molecule has 22 heavy (non-hydrogen) atoms. The van der Waals surface area contributed by atoms with Crippen LogP contribution in [0.3, 0.4) is 0 Å². The molecule has 5 unspecified atom stereocenters. The van der Waals surface area contributed by atoms with Crippen LogP contribution in [0.25, 0.3) is 11.0 Å². The van der Waals surface area contributed by atoms with Gasteiger partial charge in [-0.05, 0) is 30.5 Å². The largest absolute Gasteiger partial charge is 0.390 e. The standard InChI is InChI=1S/C16H22N2O4/c1-8(2)11(19)14-12(20)13(21)16(22-14)18-7-5-10-9(3)4-6-17-15(10)18/h4-8,11-14,16,19-21H,1-3H3. The first-order chi connectivity index (χ1) is 10.4. The lowest BCUT2D eigenvalue weighted by atomic mass is 9.97. The van der Waals surface area contributed by atoms with Gasteiger partial charge in [-0.2, -0.15) is 0 Å². The number of rotatable bonds is 3. The Morgan fingerprint density at radius 3 is 2.64 bits per heavy atom. The van der Waals surface area contributed by atoms with Crippen LogP contribution in [0.15, 0.2) is 24.5 Å². The van der Waals surface area contributed by atoms with Crippen LogP contribution >= 0.6 is 0 Å². The van der Waals surface area contributed by atoms with Gasteiger partial charge in [-0.15, -0.1) is 0 Å². The second-order valence-corrected chi connectivity index (χ2v) is 6.30. The van der Waals surface area contributed by atoms with Crippen LogP contribution in [0.4, 0.5) is 0 Å². The van der Waals surface area contributed by atoms with Crippen LogP contribution in [-0.4, -0.2) is 49.3 Å². The molecular formula is C16H22N2O4. The molecule has 1 fully saturated rings. The Balaban J connectivity index is 1.96. The first kappa shape index (κ1) is 15.4. The monoisotopic (exact) mass is 306 g/mol. The Hall–Kier alpha value is -1.47. The zero-order valence-electron chi connectivity index (χ0n) is 12.9. The van der Waals surface area contributed by atoms with Gasteiger partial charge in [0.2, 0.25) is 0 Å². The Morgan fingerprint density at radius 1 is 1.23 bits per heavy atom. The Labute approximate surface area is 129 Å². The highest BCUT2D eigenvalue weighted by Crippen LogP contribution is 2.35. The average Bonchev–Trinajstić information content (AvgIpc) is 3.02. The van der Waals surface area contributed by atoms with Crippen molar-refractivity contribution in [3.8, 4) is 0 Å².